The van der Waals surface area contributed by atoms with Crippen LogP contribution in [-0.2, 0) is 24.6 Å². The van der Waals surface area contributed by atoms with Crippen LogP contribution in [0.25, 0.3) is 0 Å². The summed E-state index contributed by atoms with van der Waals surface area (Å²) in [5, 5.41) is 0. The van der Waals surface area contributed by atoms with Crippen molar-refractivity contribution in [2.75, 3.05) is 26.5 Å². The predicted molar refractivity (Wildman–Crippen MR) is 99.6 cm³/mol. The van der Waals surface area contributed by atoms with Crippen molar-refractivity contribution in [3.05, 3.63) is 53.2 Å². The monoisotopic (exact) mass is 415 g/mol. The molecule has 1 aliphatic carbocycles. The van der Waals surface area contributed by atoms with Crippen LogP contribution in [0, 0.1) is 17.7 Å². The lowest BCUT2D eigenvalue weighted by atomic mass is 9.84. The van der Waals surface area contributed by atoms with E-state index in [4.69, 9.17) is 4.74 Å². The van der Waals surface area contributed by atoms with Gasteiger partial charge in [-0.2, -0.15) is 0 Å². The molecule has 2 aliphatic rings. The zero-order valence-electron chi connectivity index (χ0n) is 15.1. The van der Waals surface area contributed by atoms with Gasteiger partial charge in [-0.1, -0.05) is 12.1 Å². The number of methoxy groups -OCH3 is 1. The van der Waals surface area contributed by atoms with Gasteiger partial charge in [-0.25, -0.2) is 25.5 Å². The van der Waals surface area contributed by atoms with Gasteiger partial charge in [0, 0.05) is 26.1 Å². The van der Waals surface area contributed by atoms with E-state index in [-0.39, 0.29) is 21.6 Å². The normalized spacial score (nSPS) is 26.9. The van der Waals surface area contributed by atoms with Gasteiger partial charge in [-0.05, 0) is 42.7 Å². The van der Waals surface area contributed by atoms with Gasteiger partial charge in [0.25, 0.3) is 0 Å². The number of benzene rings is 1. The first kappa shape index (κ1) is 20.2. The minimum Gasteiger partial charge on any atom is -0.377 e. The van der Waals surface area contributed by atoms with Gasteiger partial charge in [-0.3, -0.25) is 0 Å². The fraction of sp³-hybridized carbons (Fsp3) is 0.444. The second-order valence-corrected chi connectivity index (χ2v) is 10.8. The molecule has 2 unspecified atom stereocenters. The fourth-order valence-corrected chi connectivity index (χ4v) is 5.88. The van der Waals surface area contributed by atoms with Gasteiger partial charge in [-0.15, -0.1) is 0 Å². The Hall–Kier alpha value is -1.55. The first-order chi connectivity index (χ1) is 12.6. The van der Waals surface area contributed by atoms with E-state index < -0.39 is 31.8 Å². The second-order valence-electron chi connectivity index (χ2n) is 6.84. The third kappa shape index (κ3) is 4.16. The summed E-state index contributed by atoms with van der Waals surface area (Å²) in [6.07, 6.45) is 6.15. The largest absolute Gasteiger partial charge is 0.377 e. The maximum Gasteiger partial charge on any atom is 0.211 e. The third-order valence-electron chi connectivity index (χ3n) is 5.08. The molecule has 0 bridgehead atoms. The third-order valence-corrected chi connectivity index (χ3v) is 8.12. The summed E-state index contributed by atoms with van der Waals surface area (Å²) in [5.41, 5.74) is 0. The van der Waals surface area contributed by atoms with Crippen molar-refractivity contribution in [2.45, 2.75) is 17.4 Å². The predicted octanol–water partition coefficient (Wildman–Crippen LogP) is 1.97. The molecule has 1 aromatic rings. The number of allylic oxidation sites excluding steroid dienone is 1. The molecular formula is C18H22FNO5S2. The van der Waals surface area contributed by atoms with E-state index in [0.29, 0.717) is 19.5 Å². The molecule has 0 spiro atoms. The van der Waals surface area contributed by atoms with Crippen LogP contribution in [0.15, 0.2) is 52.3 Å². The standard InChI is InChI=1S/C18H22FNO5S2/c1-25-18-11-16(27(23,24)15-5-3-4-14(19)10-15)6-7-17(18)13-8-9-20(12-13)26(2,21)22/h3-7,10-11,13,17-18H,8-9,12H2,1-2H3/t13-,17?,18?/m1/s1. The molecule has 0 saturated carbocycles. The molecule has 148 valence electrons. The number of halogens is 1. The topological polar surface area (TPSA) is 80.8 Å². The Morgan fingerprint density at radius 3 is 2.56 bits per heavy atom. The van der Waals surface area contributed by atoms with Crippen molar-refractivity contribution < 1.29 is 26.0 Å². The Morgan fingerprint density at radius 1 is 1.22 bits per heavy atom. The Labute approximate surface area is 159 Å². The van der Waals surface area contributed by atoms with Crippen molar-refractivity contribution >= 4 is 19.9 Å². The lowest BCUT2D eigenvalue weighted by Gasteiger charge is -2.29. The molecule has 1 fully saturated rings. The van der Waals surface area contributed by atoms with Crippen LogP contribution in [0.4, 0.5) is 4.39 Å². The number of nitrogens with zero attached hydrogens (tertiary/aromatic N) is 1. The molecule has 1 heterocycles. The first-order valence-corrected chi connectivity index (χ1v) is 11.8. The first-order valence-electron chi connectivity index (χ1n) is 8.51. The van der Waals surface area contributed by atoms with Gasteiger partial charge in [0.2, 0.25) is 19.9 Å². The van der Waals surface area contributed by atoms with Crippen molar-refractivity contribution in [2.24, 2.45) is 11.8 Å². The Balaban J connectivity index is 1.84. The second kappa shape index (κ2) is 7.46. The van der Waals surface area contributed by atoms with E-state index in [2.05, 4.69) is 0 Å². The van der Waals surface area contributed by atoms with Gasteiger partial charge in [0.05, 0.1) is 22.2 Å². The fourth-order valence-electron chi connectivity index (χ4n) is 3.61. The SMILES string of the molecule is COC1C=C(S(=O)(=O)c2cccc(F)c2)C=CC1[C@@H]1CCN(S(C)(=O)=O)C1. The van der Waals surface area contributed by atoms with Crippen molar-refractivity contribution in [1.29, 1.82) is 0 Å². The smallest absolute Gasteiger partial charge is 0.211 e. The van der Waals surface area contributed by atoms with Gasteiger partial charge >= 0.3 is 0 Å². The highest BCUT2D eigenvalue weighted by molar-refractivity contribution is 7.95. The van der Waals surface area contributed by atoms with Crippen LogP contribution in [0.5, 0.6) is 0 Å². The average Bonchev–Trinajstić information content (AvgIpc) is 3.11. The minimum absolute atomic E-state index is 0.0376. The summed E-state index contributed by atoms with van der Waals surface area (Å²) in [7, 11) is -5.62. The van der Waals surface area contributed by atoms with Crippen LogP contribution in [0.1, 0.15) is 6.42 Å². The summed E-state index contributed by atoms with van der Waals surface area (Å²) in [6, 6.07) is 4.87. The highest BCUT2D eigenvalue weighted by Crippen LogP contribution is 2.35. The molecule has 0 N–H and O–H groups in total. The Morgan fingerprint density at radius 2 is 1.96 bits per heavy atom. The maximum absolute atomic E-state index is 13.4. The lowest BCUT2D eigenvalue weighted by Crippen LogP contribution is -2.33. The summed E-state index contributed by atoms with van der Waals surface area (Å²) in [5.74, 6) is -0.715. The van der Waals surface area contributed by atoms with E-state index in [1.807, 2.05) is 0 Å². The lowest BCUT2D eigenvalue weighted by molar-refractivity contribution is 0.0837. The molecule has 0 aromatic heterocycles. The van der Waals surface area contributed by atoms with Crippen LogP contribution >= 0.6 is 0 Å². The number of rotatable bonds is 5. The zero-order valence-corrected chi connectivity index (χ0v) is 16.7. The molecular weight excluding hydrogens is 393 g/mol. The van der Waals surface area contributed by atoms with Crippen LogP contribution in [-0.4, -0.2) is 53.7 Å². The molecule has 1 aromatic carbocycles. The van der Waals surface area contributed by atoms with E-state index >= 15 is 0 Å². The van der Waals surface area contributed by atoms with Crippen LogP contribution < -0.4 is 0 Å². The summed E-state index contributed by atoms with van der Waals surface area (Å²) in [6.45, 7) is 0.829. The van der Waals surface area contributed by atoms with Crippen molar-refractivity contribution in [3.63, 3.8) is 0 Å². The highest BCUT2D eigenvalue weighted by atomic mass is 32.2. The Bertz CT molecular complexity index is 985. The Kier molecular flexibility index (Phi) is 5.58. The number of hydrogen-bond acceptors (Lipinski definition) is 5. The van der Waals surface area contributed by atoms with Gasteiger partial charge in [0.15, 0.2) is 0 Å². The maximum atomic E-state index is 13.4. The molecule has 9 heteroatoms. The number of sulfonamides is 1. The molecule has 6 nitrogen and oxygen atoms in total. The van der Waals surface area contributed by atoms with Gasteiger partial charge < -0.3 is 4.74 Å². The van der Waals surface area contributed by atoms with Crippen LogP contribution in [0.3, 0.4) is 0 Å². The molecule has 3 rings (SSSR count). The zero-order chi connectivity index (χ0) is 19.8. The van der Waals surface area contributed by atoms with Crippen LogP contribution in [0.2, 0.25) is 0 Å². The molecule has 0 radical (unpaired) electrons. The van der Waals surface area contributed by atoms with Crippen molar-refractivity contribution in [3.8, 4) is 0 Å². The van der Waals surface area contributed by atoms with E-state index in [0.717, 1.165) is 6.07 Å². The molecule has 3 atom stereocenters. The van der Waals surface area contributed by atoms with E-state index in [1.54, 1.807) is 6.08 Å². The molecule has 0 amide bonds. The number of hydrogen-bond donors (Lipinski definition) is 0. The summed E-state index contributed by atoms with van der Waals surface area (Å²) < 4.78 is 69.4. The summed E-state index contributed by atoms with van der Waals surface area (Å²) in [4.78, 5) is -0.0648. The minimum atomic E-state index is -3.86. The highest BCUT2D eigenvalue weighted by Gasteiger charge is 2.37. The molecule has 1 saturated heterocycles. The van der Waals surface area contributed by atoms with Gasteiger partial charge in [0.1, 0.15) is 5.82 Å². The van der Waals surface area contributed by atoms with Crippen molar-refractivity contribution in [1.82, 2.24) is 4.31 Å². The average molecular weight is 416 g/mol. The quantitative estimate of drug-likeness (QED) is 0.735. The number of ether oxygens (including phenoxy) is 1. The van der Waals surface area contributed by atoms with E-state index in [1.165, 1.54) is 48.0 Å². The number of sulfone groups is 1. The van der Waals surface area contributed by atoms with E-state index in [9.17, 15) is 21.2 Å². The summed E-state index contributed by atoms with van der Waals surface area (Å²) >= 11 is 0. The molecule has 27 heavy (non-hydrogen) atoms. The molecule has 1 aliphatic heterocycles.